The van der Waals surface area contributed by atoms with Gasteiger partial charge in [-0.1, -0.05) is 35.0 Å². The molecule has 1 amide bonds. The largest absolute Gasteiger partial charge is 0.359 e. The van der Waals surface area contributed by atoms with E-state index in [1.807, 2.05) is 18.0 Å². The van der Waals surface area contributed by atoms with Crippen LogP contribution in [0.3, 0.4) is 0 Å². The van der Waals surface area contributed by atoms with Gasteiger partial charge in [-0.15, -0.1) is 0 Å². The van der Waals surface area contributed by atoms with E-state index in [0.29, 0.717) is 6.54 Å². The summed E-state index contributed by atoms with van der Waals surface area (Å²) in [6.45, 7) is 4.54. The summed E-state index contributed by atoms with van der Waals surface area (Å²) in [7, 11) is 1.92. The van der Waals surface area contributed by atoms with Gasteiger partial charge in [-0.2, -0.15) is 0 Å². The number of aryl methyl sites for hydroxylation is 1. The Balaban J connectivity index is 1.54. The zero-order valence-corrected chi connectivity index (χ0v) is 15.0. The van der Waals surface area contributed by atoms with Crippen LogP contribution >= 0.6 is 0 Å². The van der Waals surface area contributed by atoms with Gasteiger partial charge in [0.15, 0.2) is 5.76 Å². The van der Waals surface area contributed by atoms with Gasteiger partial charge in [-0.05, 0) is 39.2 Å². The third kappa shape index (κ3) is 2.86. The Morgan fingerprint density at radius 3 is 2.64 bits per heavy atom. The van der Waals surface area contributed by atoms with Crippen LogP contribution in [-0.4, -0.2) is 46.5 Å². The fourth-order valence-electron chi connectivity index (χ4n) is 4.30. The fraction of sp³-hybridized carbons (Fsp3) is 0.500. The lowest BCUT2D eigenvalue weighted by atomic mass is 9.85. The molecule has 132 valence electrons. The van der Waals surface area contributed by atoms with Gasteiger partial charge >= 0.3 is 0 Å². The van der Waals surface area contributed by atoms with Crippen molar-refractivity contribution >= 4 is 5.91 Å². The average molecular weight is 339 g/mol. The molecule has 5 heteroatoms. The van der Waals surface area contributed by atoms with Crippen molar-refractivity contribution in [2.45, 2.75) is 44.7 Å². The van der Waals surface area contributed by atoms with Gasteiger partial charge in [0, 0.05) is 25.2 Å². The van der Waals surface area contributed by atoms with E-state index in [4.69, 9.17) is 4.52 Å². The maximum absolute atomic E-state index is 12.8. The Kier molecular flexibility index (Phi) is 4.12. The minimum absolute atomic E-state index is 0.273. The first-order chi connectivity index (χ1) is 12.1. The number of amides is 1. The van der Waals surface area contributed by atoms with E-state index in [0.717, 1.165) is 55.8 Å². The Labute approximate surface area is 148 Å². The molecule has 3 heterocycles. The van der Waals surface area contributed by atoms with Crippen molar-refractivity contribution in [1.82, 2.24) is 15.0 Å². The van der Waals surface area contributed by atoms with Crippen molar-refractivity contribution in [2.24, 2.45) is 0 Å². The summed E-state index contributed by atoms with van der Waals surface area (Å²) in [5.74, 6) is 1.10. The molecule has 1 atom stereocenters. The molecule has 2 aliphatic heterocycles. The highest BCUT2D eigenvalue weighted by molar-refractivity contribution is 5.87. The molecule has 1 aromatic carbocycles. The smallest absolute Gasteiger partial charge is 0.242 e. The zero-order valence-electron chi connectivity index (χ0n) is 15.0. The number of carbonyl (C=O) groups is 1. The number of hydrogen-bond acceptors (Lipinski definition) is 4. The SMILES string of the molecule is Cc1ccc(-c2cc(CN3CCCC34CCCN(C)C4=O)on2)cc1. The van der Waals surface area contributed by atoms with Crippen molar-refractivity contribution in [3.05, 3.63) is 41.7 Å². The summed E-state index contributed by atoms with van der Waals surface area (Å²) >= 11 is 0. The molecule has 25 heavy (non-hydrogen) atoms. The Hall–Kier alpha value is -2.14. The number of rotatable bonds is 3. The predicted octanol–water partition coefficient (Wildman–Crippen LogP) is 3.24. The number of carbonyl (C=O) groups excluding carboxylic acids is 1. The number of benzene rings is 1. The second-order valence-electron chi connectivity index (χ2n) is 7.43. The van der Waals surface area contributed by atoms with E-state index in [2.05, 4.69) is 41.2 Å². The van der Waals surface area contributed by atoms with Gasteiger partial charge in [0.25, 0.3) is 0 Å². The predicted molar refractivity (Wildman–Crippen MR) is 95.9 cm³/mol. The number of aromatic nitrogens is 1. The van der Waals surface area contributed by atoms with Crippen LogP contribution in [0.4, 0.5) is 0 Å². The lowest BCUT2D eigenvalue weighted by Crippen LogP contribution is -2.58. The molecule has 1 spiro atoms. The molecule has 2 fully saturated rings. The summed E-state index contributed by atoms with van der Waals surface area (Å²) in [5.41, 5.74) is 2.82. The number of piperidine rings is 1. The molecule has 2 aromatic rings. The van der Waals surface area contributed by atoms with Crippen LogP contribution in [0.2, 0.25) is 0 Å². The van der Waals surface area contributed by atoms with Crippen molar-refractivity contribution in [3.8, 4) is 11.3 Å². The van der Waals surface area contributed by atoms with Gasteiger partial charge in [-0.25, -0.2) is 0 Å². The molecule has 0 radical (unpaired) electrons. The Morgan fingerprint density at radius 2 is 1.88 bits per heavy atom. The average Bonchev–Trinajstić information content (AvgIpc) is 3.22. The van der Waals surface area contributed by atoms with Gasteiger partial charge in [-0.3, -0.25) is 9.69 Å². The number of likely N-dealkylation sites (N-methyl/N-ethyl adjacent to an activating group) is 1. The molecule has 5 nitrogen and oxygen atoms in total. The van der Waals surface area contributed by atoms with Crippen LogP contribution in [0.15, 0.2) is 34.9 Å². The first kappa shape index (κ1) is 16.3. The van der Waals surface area contributed by atoms with Crippen LogP contribution in [-0.2, 0) is 11.3 Å². The fourth-order valence-corrected chi connectivity index (χ4v) is 4.30. The van der Waals surface area contributed by atoms with Gasteiger partial charge in [0.2, 0.25) is 5.91 Å². The van der Waals surface area contributed by atoms with Gasteiger partial charge < -0.3 is 9.42 Å². The maximum Gasteiger partial charge on any atom is 0.242 e. The van der Waals surface area contributed by atoms with Gasteiger partial charge in [0.05, 0.1) is 6.54 Å². The molecular formula is C20H25N3O2. The van der Waals surface area contributed by atoms with Crippen molar-refractivity contribution < 1.29 is 9.32 Å². The molecule has 1 aromatic heterocycles. The lowest BCUT2D eigenvalue weighted by Gasteiger charge is -2.43. The van der Waals surface area contributed by atoms with E-state index in [-0.39, 0.29) is 11.4 Å². The lowest BCUT2D eigenvalue weighted by molar-refractivity contribution is -0.146. The third-order valence-electron chi connectivity index (χ3n) is 5.71. The molecule has 0 saturated carbocycles. The first-order valence-electron chi connectivity index (χ1n) is 9.12. The summed E-state index contributed by atoms with van der Waals surface area (Å²) in [6.07, 6.45) is 4.05. The summed E-state index contributed by atoms with van der Waals surface area (Å²) in [6, 6.07) is 10.3. The summed E-state index contributed by atoms with van der Waals surface area (Å²) in [4.78, 5) is 17.0. The number of hydrogen-bond donors (Lipinski definition) is 0. The maximum atomic E-state index is 12.8. The molecular weight excluding hydrogens is 314 g/mol. The molecule has 0 bridgehead atoms. The number of nitrogens with zero attached hydrogens (tertiary/aromatic N) is 3. The molecule has 2 aliphatic rings. The van der Waals surface area contributed by atoms with E-state index in [9.17, 15) is 4.79 Å². The van der Waals surface area contributed by atoms with E-state index in [1.165, 1.54) is 5.56 Å². The highest BCUT2D eigenvalue weighted by Gasteiger charge is 2.50. The van der Waals surface area contributed by atoms with Crippen molar-refractivity contribution in [2.75, 3.05) is 20.1 Å². The third-order valence-corrected chi connectivity index (χ3v) is 5.71. The van der Waals surface area contributed by atoms with Crippen LogP contribution in [0.25, 0.3) is 11.3 Å². The number of likely N-dealkylation sites (tertiary alicyclic amines) is 2. The quantitative estimate of drug-likeness (QED) is 0.861. The molecule has 0 N–H and O–H groups in total. The van der Waals surface area contributed by atoms with Crippen LogP contribution < -0.4 is 0 Å². The minimum Gasteiger partial charge on any atom is -0.359 e. The zero-order chi connectivity index (χ0) is 17.4. The van der Waals surface area contributed by atoms with Crippen molar-refractivity contribution in [3.63, 3.8) is 0 Å². The molecule has 2 saturated heterocycles. The van der Waals surface area contributed by atoms with E-state index >= 15 is 0 Å². The molecule has 1 unspecified atom stereocenters. The minimum atomic E-state index is -0.330. The molecule has 4 rings (SSSR count). The van der Waals surface area contributed by atoms with Crippen molar-refractivity contribution in [1.29, 1.82) is 0 Å². The second-order valence-corrected chi connectivity index (χ2v) is 7.43. The Bertz CT molecular complexity index is 768. The first-order valence-corrected chi connectivity index (χ1v) is 9.12. The molecule has 0 aliphatic carbocycles. The Morgan fingerprint density at radius 1 is 1.16 bits per heavy atom. The monoisotopic (exact) mass is 339 g/mol. The van der Waals surface area contributed by atoms with E-state index in [1.54, 1.807) is 0 Å². The van der Waals surface area contributed by atoms with E-state index < -0.39 is 0 Å². The standard InChI is InChI=1S/C20H25N3O2/c1-15-5-7-16(8-6-15)18-13-17(25-21-18)14-23-12-4-10-20(23)9-3-11-22(2)19(20)24/h5-8,13H,3-4,9-12,14H2,1-2H3. The van der Waals surface area contributed by atoms with Gasteiger partial charge in [0.1, 0.15) is 11.2 Å². The topological polar surface area (TPSA) is 49.6 Å². The van der Waals surface area contributed by atoms with Crippen LogP contribution in [0, 0.1) is 6.92 Å². The summed E-state index contributed by atoms with van der Waals surface area (Å²) < 4.78 is 5.59. The second kappa shape index (κ2) is 6.30. The van der Waals surface area contributed by atoms with Crippen LogP contribution in [0.5, 0.6) is 0 Å². The highest BCUT2D eigenvalue weighted by atomic mass is 16.5. The summed E-state index contributed by atoms with van der Waals surface area (Å²) in [5, 5.41) is 4.23. The highest BCUT2D eigenvalue weighted by Crippen LogP contribution is 2.39. The normalized spacial score (nSPS) is 24.4. The van der Waals surface area contributed by atoms with Crippen LogP contribution in [0.1, 0.15) is 37.0 Å².